The Balaban J connectivity index is 1.66. The van der Waals surface area contributed by atoms with Gasteiger partial charge in [0.2, 0.25) is 11.1 Å². The molecule has 1 amide bonds. The minimum absolute atomic E-state index is 0.126. The lowest BCUT2D eigenvalue weighted by molar-refractivity contribution is -0.129. The predicted octanol–water partition coefficient (Wildman–Crippen LogP) is 3.12. The lowest BCUT2D eigenvalue weighted by Gasteiger charge is -2.22. The maximum absolute atomic E-state index is 13.1. The van der Waals surface area contributed by atoms with Crippen LogP contribution in [-0.2, 0) is 4.79 Å². The lowest BCUT2D eigenvalue weighted by Crippen LogP contribution is -2.31. The molecule has 1 aromatic heterocycles. The average Bonchev–Trinajstić information content (AvgIpc) is 3.39. The molecule has 4 rings (SSSR count). The van der Waals surface area contributed by atoms with Crippen LogP contribution in [0.25, 0.3) is 5.69 Å². The van der Waals surface area contributed by atoms with Crippen molar-refractivity contribution in [1.29, 1.82) is 0 Å². The van der Waals surface area contributed by atoms with Crippen LogP contribution in [0.5, 0.6) is 0 Å². The normalized spacial score (nSPS) is 15.2. The molecule has 1 atom stereocenters. The van der Waals surface area contributed by atoms with Crippen LogP contribution in [-0.4, -0.2) is 44.1 Å². The van der Waals surface area contributed by atoms with Crippen molar-refractivity contribution >= 4 is 17.7 Å². The zero-order valence-corrected chi connectivity index (χ0v) is 15.0. The molecular formula is C19H19N5OS. The van der Waals surface area contributed by atoms with Gasteiger partial charge in [0.05, 0.1) is 5.69 Å². The molecule has 0 radical (unpaired) electrons. The Morgan fingerprint density at radius 2 is 1.62 bits per heavy atom. The molecule has 3 aromatic rings. The summed E-state index contributed by atoms with van der Waals surface area (Å²) in [7, 11) is 0. The van der Waals surface area contributed by atoms with Crippen molar-refractivity contribution in [1.82, 2.24) is 25.1 Å². The van der Waals surface area contributed by atoms with E-state index >= 15 is 0 Å². The number of tetrazole rings is 1. The highest BCUT2D eigenvalue weighted by molar-refractivity contribution is 8.00. The summed E-state index contributed by atoms with van der Waals surface area (Å²) >= 11 is 1.40. The maximum atomic E-state index is 13.1. The summed E-state index contributed by atoms with van der Waals surface area (Å²) in [6.07, 6.45) is 2.14. The summed E-state index contributed by atoms with van der Waals surface area (Å²) in [6.45, 7) is 1.65. The summed E-state index contributed by atoms with van der Waals surface area (Å²) in [5.74, 6) is 0.126. The number of hydrogen-bond acceptors (Lipinski definition) is 5. The second-order valence-electron chi connectivity index (χ2n) is 6.15. The fourth-order valence-corrected chi connectivity index (χ4v) is 4.16. The quantitative estimate of drug-likeness (QED) is 0.650. The van der Waals surface area contributed by atoms with Crippen LogP contribution in [0.15, 0.2) is 65.8 Å². The maximum Gasteiger partial charge on any atom is 0.240 e. The van der Waals surface area contributed by atoms with E-state index in [1.54, 1.807) is 4.68 Å². The Hall–Kier alpha value is -2.67. The van der Waals surface area contributed by atoms with Crippen LogP contribution >= 0.6 is 11.8 Å². The molecule has 26 heavy (non-hydrogen) atoms. The fourth-order valence-electron chi connectivity index (χ4n) is 3.08. The summed E-state index contributed by atoms with van der Waals surface area (Å²) in [5.41, 5.74) is 1.84. The molecule has 1 saturated heterocycles. The smallest absolute Gasteiger partial charge is 0.240 e. The monoisotopic (exact) mass is 365 g/mol. The number of para-hydroxylation sites is 1. The molecule has 0 saturated carbocycles. The van der Waals surface area contributed by atoms with Gasteiger partial charge in [-0.05, 0) is 41.0 Å². The summed E-state index contributed by atoms with van der Waals surface area (Å²) in [5, 5.41) is 12.3. The molecule has 6 nitrogen and oxygen atoms in total. The minimum atomic E-state index is -0.359. The molecule has 132 valence electrons. The van der Waals surface area contributed by atoms with Crippen molar-refractivity contribution in [3.8, 4) is 5.69 Å². The number of likely N-dealkylation sites (tertiary alicyclic amines) is 1. The van der Waals surface area contributed by atoms with Gasteiger partial charge in [-0.25, -0.2) is 0 Å². The summed E-state index contributed by atoms with van der Waals surface area (Å²) in [6, 6.07) is 19.6. The molecule has 2 aromatic carbocycles. The first-order chi connectivity index (χ1) is 12.8. The SMILES string of the molecule is O=C(C(Sc1nnnn1-c1ccccc1)c1ccccc1)N1CCCC1. The first-order valence-electron chi connectivity index (χ1n) is 8.67. The molecule has 0 spiro atoms. The zero-order valence-electron chi connectivity index (χ0n) is 14.2. The average molecular weight is 365 g/mol. The van der Waals surface area contributed by atoms with Crippen molar-refractivity contribution in [2.75, 3.05) is 13.1 Å². The Morgan fingerprint density at radius 1 is 0.962 bits per heavy atom. The Kier molecular flexibility index (Phi) is 4.97. The third-order valence-electron chi connectivity index (χ3n) is 4.41. The van der Waals surface area contributed by atoms with Crippen LogP contribution in [0.2, 0.25) is 0 Å². The minimum Gasteiger partial charge on any atom is -0.341 e. The molecular weight excluding hydrogens is 346 g/mol. The van der Waals surface area contributed by atoms with Crippen LogP contribution in [0, 0.1) is 0 Å². The molecule has 0 bridgehead atoms. The van der Waals surface area contributed by atoms with Crippen molar-refractivity contribution in [3.63, 3.8) is 0 Å². The molecule has 1 fully saturated rings. The van der Waals surface area contributed by atoms with E-state index in [0.29, 0.717) is 5.16 Å². The first-order valence-corrected chi connectivity index (χ1v) is 9.55. The molecule has 0 aliphatic carbocycles. The number of nitrogens with zero attached hydrogens (tertiary/aromatic N) is 5. The van der Waals surface area contributed by atoms with Crippen LogP contribution in [0.4, 0.5) is 0 Å². The van der Waals surface area contributed by atoms with E-state index in [2.05, 4.69) is 15.5 Å². The Bertz CT molecular complexity index is 862. The van der Waals surface area contributed by atoms with E-state index in [1.165, 1.54) is 11.8 Å². The number of carbonyl (C=O) groups excluding carboxylic acids is 1. The van der Waals surface area contributed by atoms with E-state index in [4.69, 9.17) is 0 Å². The molecule has 1 aliphatic rings. The van der Waals surface area contributed by atoms with Gasteiger partial charge in [0.1, 0.15) is 5.25 Å². The van der Waals surface area contributed by atoms with Gasteiger partial charge in [-0.15, -0.1) is 5.10 Å². The fraction of sp³-hybridized carbons (Fsp3) is 0.263. The predicted molar refractivity (Wildman–Crippen MR) is 100 cm³/mol. The molecule has 0 N–H and O–H groups in total. The molecule has 1 aliphatic heterocycles. The van der Waals surface area contributed by atoms with Gasteiger partial charge in [-0.2, -0.15) is 4.68 Å². The van der Waals surface area contributed by atoms with E-state index in [0.717, 1.165) is 37.2 Å². The number of thioether (sulfide) groups is 1. The van der Waals surface area contributed by atoms with Crippen molar-refractivity contribution in [2.45, 2.75) is 23.2 Å². The highest BCUT2D eigenvalue weighted by Crippen LogP contribution is 2.36. The van der Waals surface area contributed by atoms with Crippen LogP contribution in [0.1, 0.15) is 23.7 Å². The van der Waals surface area contributed by atoms with Gasteiger partial charge in [0.15, 0.2) is 0 Å². The highest BCUT2D eigenvalue weighted by Gasteiger charge is 2.30. The number of rotatable bonds is 5. The number of hydrogen-bond donors (Lipinski definition) is 0. The number of benzene rings is 2. The lowest BCUT2D eigenvalue weighted by atomic mass is 10.1. The number of aromatic nitrogens is 4. The van der Waals surface area contributed by atoms with Gasteiger partial charge >= 0.3 is 0 Å². The van der Waals surface area contributed by atoms with Gasteiger partial charge in [-0.3, -0.25) is 4.79 Å². The molecule has 7 heteroatoms. The Labute approximate surface area is 156 Å². The largest absolute Gasteiger partial charge is 0.341 e. The van der Waals surface area contributed by atoms with Gasteiger partial charge in [0.25, 0.3) is 0 Å². The van der Waals surface area contributed by atoms with E-state index in [9.17, 15) is 4.79 Å². The summed E-state index contributed by atoms with van der Waals surface area (Å²) < 4.78 is 1.68. The van der Waals surface area contributed by atoms with Gasteiger partial charge in [0, 0.05) is 13.1 Å². The van der Waals surface area contributed by atoms with E-state index in [-0.39, 0.29) is 11.2 Å². The van der Waals surface area contributed by atoms with Crippen LogP contribution in [0.3, 0.4) is 0 Å². The van der Waals surface area contributed by atoms with Gasteiger partial charge < -0.3 is 4.90 Å². The van der Waals surface area contributed by atoms with Crippen molar-refractivity contribution in [2.24, 2.45) is 0 Å². The number of carbonyl (C=O) groups is 1. The second kappa shape index (κ2) is 7.70. The van der Waals surface area contributed by atoms with E-state index in [1.807, 2.05) is 65.6 Å². The molecule has 2 heterocycles. The van der Waals surface area contributed by atoms with E-state index < -0.39 is 0 Å². The molecule has 1 unspecified atom stereocenters. The zero-order chi connectivity index (χ0) is 17.8. The van der Waals surface area contributed by atoms with Crippen molar-refractivity contribution < 1.29 is 4.79 Å². The third kappa shape index (κ3) is 3.48. The van der Waals surface area contributed by atoms with Crippen molar-refractivity contribution in [3.05, 3.63) is 66.2 Å². The number of amides is 1. The Morgan fingerprint density at radius 3 is 2.31 bits per heavy atom. The van der Waals surface area contributed by atoms with Gasteiger partial charge in [-0.1, -0.05) is 60.3 Å². The summed E-state index contributed by atoms with van der Waals surface area (Å²) in [4.78, 5) is 15.1. The third-order valence-corrected chi connectivity index (χ3v) is 5.58. The first kappa shape index (κ1) is 16.8. The topological polar surface area (TPSA) is 63.9 Å². The second-order valence-corrected chi connectivity index (χ2v) is 7.22. The highest BCUT2D eigenvalue weighted by atomic mass is 32.2. The standard InChI is InChI=1S/C19H19N5OS/c25-18(23-13-7-8-14-23)17(15-9-3-1-4-10-15)26-19-20-21-22-24(19)16-11-5-2-6-12-16/h1-6,9-12,17H,7-8,13-14H2. The van der Waals surface area contributed by atoms with Crippen LogP contribution < -0.4 is 0 Å².